The zero-order valence-electron chi connectivity index (χ0n) is 15.2. The summed E-state index contributed by atoms with van der Waals surface area (Å²) in [4.78, 5) is 16.5. The highest BCUT2D eigenvalue weighted by Gasteiger charge is 2.22. The average Bonchev–Trinajstić information content (AvgIpc) is 3.38. The Morgan fingerprint density at radius 2 is 2.04 bits per heavy atom. The second-order valence-electron chi connectivity index (χ2n) is 5.83. The minimum atomic E-state index is -3.72. The Morgan fingerprint density at radius 3 is 2.68 bits per heavy atom. The van der Waals surface area contributed by atoms with Crippen molar-refractivity contribution in [3.8, 4) is 17.1 Å². The molecule has 2 aromatic heterocycles. The van der Waals surface area contributed by atoms with Gasteiger partial charge in [0.25, 0.3) is 10.0 Å². The van der Waals surface area contributed by atoms with Gasteiger partial charge in [-0.15, -0.1) is 11.3 Å². The van der Waals surface area contributed by atoms with Crippen LogP contribution in [0.4, 0.5) is 0 Å². The van der Waals surface area contributed by atoms with E-state index in [1.165, 1.54) is 13.0 Å². The van der Waals surface area contributed by atoms with Gasteiger partial charge in [0.05, 0.1) is 19.7 Å². The highest BCUT2D eigenvalue weighted by atomic mass is 32.2. The third kappa shape index (κ3) is 4.74. The fraction of sp³-hybridized carbons (Fsp3) is 0.235. The summed E-state index contributed by atoms with van der Waals surface area (Å²) in [5.74, 6) is 1.19. The van der Waals surface area contributed by atoms with E-state index in [4.69, 9.17) is 4.74 Å². The number of thiophene rings is 1. The van der Waals surface area contributed by atoms with E-state index in [1.807, 2.05) is 12.1 Å². The van der Waals surface area contributed by atoms with E-state index in [-0.39, 0.29) is 10.8 Å². The van der Waals surface area contributed by atoms with Crippen LogP contribution in [-0.2, 0) is 21.4 Å². The molecule has 3 aromatic rings. The molecular formula is C17H19N5O4S2. The van der Waals surface area contributed by atoms with Gasteiger partial charge in [-0.3, -0.25) is 9.89 Å². The maximum Gasteiger partial charge on any atom is 0.250 e. The number of aromatic amines is 1. The second-order valence-corrected chi connectivity index (χ2v) is 8.72. The van der Waals surface area contributed by atoms with Crippen LogP contribution in [0.1, 0.15) is 12.7 Å². The fourth-order valence-electron chi connectivity index (χ4n) is 2.33. The number of nitrogens with one attached hydrogen (secondary N) is 3. The quantitative estimate of drug-likeness (QED) is 0.506. The number of sulfonamides is 1. The van der Waals surface area contributed by atoms with Gasteiger partial charge in [-0.1, -0.05) is 6.07 Å². The first-order valence-electron chi connectivity index (χ1n) is 8.28. The van der Waals surface area contributed by atoms with Crippen LogP contribution in [0.2, 0.25) is 0 Å². The van der Waals surface area contributed by atoms with Gasteiger partial charge in [0.1, 0.15) is 15.8 Å². The number of methoxy groups -OCH3 is 1. The van der Waals surface area contributed by atoms with Crippen LogP contribution in [0.3, 0.4) is 0 Å². The number of carbonyl (C=O) groups excluding carboxylic acids is 1. The van der Waals surface area contributed by atoms with Crippen molar-refractivity contribution in [2.45, 2.75) is 23.7 Å². The van der Waals surface area contributed by atoms with Crippen molar-refractivity contribution in [1.82, 2.24) is 25.2 Å². The molecule has 3 N–H and O–H groups in total. The van der Waals surface area contributed by atoms with Crippen molar-refractivity contribution >= 4 is 27.3 Å². The summed E-state index contributed by atoms with van der Waals surface area (Å²) >= 11 is 1.08. The lowest BCUT2D eigenvalue weighted by Gasteiger charge is -2.13. The van der Waals surface area contributed by atoms with Crippen LogP contribution in [-0.4, -0.2) is 42.7 Å². The lowest BCUT2D eigenvalue weighted by molar-refractivity contribution is -0.122. The summed E-state index contributed by atoms with van der Waals surface area (Å²) in [6.07, 6.45) is 0. The molecule has 1 atom stereocenters. The van der Waals surface area contributed by atoms with Gasteiger partial charge >= 0.3 is 0 Å². The van der Waals surface area contributed by atoms with Gasteiger partial charge in [-0.25, -0.2) is 13.4 Å². The maximum absolute atomic E-state index is 12.2. The Labute approximate surface area is 166 Å². The van der Waals surface area contributed by atoms with Crippen molar-refractivity contribution in [1.29, 1.82) is 0 Å². The number of amides is 1. The van der Waals surface area contributed by atoms with Crippen LogP contribution in [0, 0.1) is 0 Å². The van der Waals surface area contributed by atoms with Crippen LogP contribution >= 0.6 is 11.3 Å². The molecule has 3 rings (SSSR count). The topological polar surface area (TPSA) is 126 Å². The highest BCUT2D eigenvalue weighted by molar-refractivity contribution is 7.91. The van der Waals surface area contributed by atoms with E-state index >= 15 is 0 Å². The smallest absolute Gasteiger partial charge is 0.250 e. The third-order valence-corrected chi connectivity index (χ3v) is 6.73. The van der Waals surface area contributed by atoms with Crippen molar-refractivity contribution in [3.05, 3.63) is 47.6 Å². The van der Waals surface area contributed by atoms with Gasteiger partial charge in [-0.05, 0) is 42.6 Å². The average molecular weight is 422 g/mol. The zero-order valence-corrected chi connectivity index (χ0v) is 16.8. The van der Waals surface area contributed by atoms with E-state index in [0.717, 1.165) is 22.6 Å². The molecule has 28 heavy (non-hydrogen) atoms. The molecule has 9 nitrogen and oxygen atoms in total. The maximum atomic E-state index is 12.2. The number of rotatable bonds is 8. The molecule has 0 fully saturated rings. The molecule has 0 aliphatic carbocycles. The molecule has 1 aromatic carbocycles. The largest absolute Gasteiger partial charge is 0.497 e. The lowest BCUT2D eigenvalue weighted by atomic mass is 10.2. The summed E-state index contributed by atoms with van der Waals surface area (Å²) in [5, 5.41) is 11.2. The predicted octanol–water partition coefficient (Wildman–Crippen LogP) is 1.52. The number of hydrogen-bond acceptors (Lipinski definition) is 7. The van der Waals surface area contributed by atoms with Gasteiger partial charge < -0.3 is 10.1 Å². The van der Waals surface area contributed by atoms with Crippen molar-refractivity contribution in [2.24, 2.45) is 0 Å². The van der Waals surface area contributed by atoms with E-state index in [2.05, 4.69) is 25.2 Å². The molecule has 0 saturated carbocycles. The van der Waals surface area contributed by atoms with E-state index in [9.17, 15) is 13.2 Å². The zero-order chi connectivity index (χ0) is 20.1. The number of ether oxygens (including phenoxy) is 1. The predicted molar refractivity (Wildman–Crippen MR) is 104 cm³/mol. The number of benzene rings is 1. The van der Waals surface area contributed by atoms with E-state index in [1.54, 1.807) is 30.7 Å². The Morgan fingerprint density at radius 1 is 1.29 bits per heavy atom. The molecule has 0 aliphatic rings. The first-order chi connectivity index (χ1) is 13.4. The number of H-pyrrole nitrogens is 1. The molecular weight excluding hydrogens is 402 g/mol. The molecule has 0 saturated heterocycles. The standard InChI is InChI=1S/C17H19N5O4S2/c1-11(22-28(24,25)15-4-3-9-27-15)17(23)18-10-14-19-16(21-20-14)12-5-7-13(26-2)8-6-12/h3-9,11,22H,10H2,1-2H3,(H,18,23)(H,19,20,21). The van der Waals surface area contributed by atoms with Crippen molar-refractivity contribution in [3.63, 3.8) is 0 Å². The van der Waals surface area contributed by atoms with Crippen LogP contribution in [0.5, 0.6) is 5.75 Å². The molecule has 148 valence electrons. The Hall–Kier alpha value is -2.76. The van der Waals surface area contributed by atoms with Gasteiger partial charge in [0.2, 0.25) is 5.91 Å². The Bertz CT molecular complexity index is 1030. The summed E-state index contributed by atoms with van der Waals surface area (Å²) < 4.78 is 32.0. The first kappa shape index (κ1) is 20.0. The van der Waals surface area contributed by atoms with E-state index < -0.39 is 22.0 Å². The fourth-order valence-corrected chi connectivity index (χ4v) is 4.54. The monoisotopic (exact) mass is 421 g/mol. The molecule has 1 unspecified atom stereocenters. The summed E-state index contributed by atoms with van der Waals surface area (Å²) in [6, 6.07) is 9.43. The molecule has 0 aliphatic heterocycles. The molecule has 0 radical (unpaired) electrons. The van der Waals surface area contributed by atoms with Gasteiger partial charge in [0.15, 0.2) is 5.82 Å². The van der Waals surface area contributed by atoms with Crippen molar-refractivity contribution in [2.75, 3.05) is 7.11 Å². The molecule has 0 spiro atoms. The van der Waals surface area contributed by atoms with Crippen LogP contribution < -0.4 is 14.8 Å². The minimum absolute atomic E-state index is 0.0903. The third-order valence-electron chi connectivity index (χ3n) is 3.80. The second kappa shape index (κ2) is 8.50. The SMILES string of the molecule is COc1ccc(-c2n[nH]c(CNC(=O)C(C)NS(=O)(=O)c3cccs3)n2)cc1. The van der Waals surface area contributed by atoms with Crippen molar-refractivity contribution < 1.29 is 17.9 Å². The van der Waals surface area contributed by atoms with E-state index in [0.29, 0.717) is 11.6 Å². The van der Waals surface area contributed by atoms with Crippen LogP contribution in [0.15, 0.2) is 46.0 Å². The highest BCUT2D eigenvalue weighted by Crippen LogP contribution is 2.19. The lowest BCUT2D eigenvalue weighted by Crippen LogP contribution is -2.44. The number of nitrogens with zero attached hydrogens (tertiary/aromatic N) is 2. The minimum Gasteiger partial charge on any atom is -0.497 e. The summed E-state index contributed by atoms with van der Waals surface area (Å²) in [5.41, 5.74) is 0.798. The summed E-state index contributed by atoms with van der Waals surface area (Å²) in [6.45, 7) is 1.57. The number of aromatic nitrogens is 3. The summed E-state index contributed by atoms with van der Waals surface area (Å²) in [7, 11) is -2.13. The van der Waals surface area contributed by atoms with Gasteiger partial charge in [-0.2, -0.15) is 9.82 Å². The molecule has 0 bridgehead atoms. The number of hydrogen-bond donors (Lipinski definition) is 3. The molecule has 11 heteroatoms. The molecule has 1 amide bonds. The number of carbonyl (C=O) groups is 1. The van der Waals surface area contributed by atoms with Gasteiger partial charge in [0, 0.05) is 5.56 Å². The Kier molecular flexibility index (Phi) is 6.07. The molecule has 2 heterocycles. The first-order valence-corrected chi connectivity index (χ1v) is 10.6. The van der Waals surface area contributed by atoms with Crippen LogP contribution in [0.25, 0.3) is 11.4 Å². The Balaban J connectivity index is 1.56. The normalized spacial score (nSPS) is 12.5.